The van der Waals surface area contributed by atoms with Crippen molar-refractivity contribution in [3.8, 4) is 5.75 Å². The van der Waals surface area contributed by atoms with Crippen LogP contribution in [0.4, 0.5) is 0 Å². The number of ether oxygens (including phenoxy) is 2. The lowest BCUT2D eigenvalue weighted by molar-refractivity contribution is 0.111. The van der Waals surface area contributed by atoms with Crippen LogP contribution < -0.4 is 4.74 Å². The third kappa shape index (κ3) is 2.91. The molecule has 1 aromatic carbocycles. The van der Waals surface area contributed by atoms with E-state index in [0.29, 0.717) is 30.6 Å². The van der Waals surface area contributed by atoms with E-state index in [-0.39, 0.29) is 6.10 Å². The maximum absolute atomic E-state index is 9.35. The Balaban J connectivity index is 1.18. The standard InChI is InChI=1S/C23H26N4O3/c1-14(22-11-27(26-25-22)17-8-23(9-17)7-16(23)12-28)30-18-2-3-21-20(6-18)19-4-5-29-13-15(19)10-24-21/h2-3,6,10-11,14,16-17,28H,4-5,7-9,12-13H2,1H3/t14-,16?,17?,23?/m1/s1. The lowest BCUT2D eigenvalue weighted by atomic mass is 9.75. The van der Waals surface area contributed by atoms with Crippen molar-refractivity contribution in [3.63, 3.8) is 0 Å². The average molecular weight is 406 g/mol. The second-order valence-corrected chi connectivity index (χ2v) is 9.14. The summed E-state index contributed by atoms with van der Waals surface area (Å²) in [5.74, 6) is 1.32. The average Bonchev–Trinajstić information content (AvgIpc) is 3.30. The predicted octanol–water partition coefficient (Wildman–Crippen LogP) is 3.37. The molecule has 0 amide bonds. The molecule has 2 atom stereocenters. The van der Waals surface area contributed by atoms with Crippen LogP contribution in [0.5, 0.6) is 5.75 Å². The van der Waals surface area contributed by atoms with E-state index in [4.69, 9.17) is 9.47 Å². The number of aliphatic hydroxyl groups excluding tert-OH is 1. The van der Waals surface area contributed by atoms with Crippen molar-refractivity contribution in [2.24, 2.45) is 11.3 Å². The van der Waals surface area contributed by atoms with E-state index in [1.807, 2.05) is 36.1 Å². The molecule has 1 N–H and O–H groups in total. The molecule has 30 heavy (non-hydrogen) atoms. The Labute approximate surface area is 175 Å². The van der Waals surface area contributed by atoms with Crippen molar-refractivity contribution in [2.45, 2.75) is 51.4 Å². The van der Waals surface area contributed by atoms with Crippen molar-refractivity contribution in [3.05, 3.63) is 47.4 Å². The molecule has 3 aliphatic rings. The zero-order chi connectivity index (χ0) is 20.3. The topological polar surface area (TPSA) is 82.3 Å². The van der Waals surface area contributed by atoms with Crippen molar-refractivity contribution in [1.29, 1.82) is 0 Å². The predicted molar refractivity (Wildman–Crippen MR) is 110 cm³/mol. The van der Waals surface area contributed by atoms with E-state index >= 15 is 0 Å². The van der Waals surface area contributed by atoms with Crippen molar-refractivity contribution in [1.82, 2.24) is 20.0 Å². The molecule has 0 bridgehead atoms. The third-order valence-electron chi connectivity index (χ3n) is 7.29. The minimum Gasteiger partial charge on any atom is -0.484 e. The van der Waals surface area contributed by atoms with Crippen LogP contribution in [-0.2, 0) is 17.8 Å². The maximum atomic E-state index is 9.35. The van der Waals surface area contributed by atoms with Crippen molar-refractivity contribution < 1.29 is 14.6 Å². The number of benzene rings is 1. The normalized spacial score (nSPS) is 28.2. The number of fused-ring (bicyclic) bond motifs is 3. The first-order valence-corrected chi connectivity index (χ1v) is 10.8. The van der Waals surface area contributed by atoms with Gasteiger partial charge in [-0.3, -0.25) is 4.98 Å². The molecule has 1 aliphatic heterocycles. The Bertz CT molecular complexity index is 1110. The van der Waals surface area contributed by atoms with Gasteiger partial charge in [0, 0.05) is 18.2 Å². The van der Waals surface area contributed by atoms with Crippen LogP contribution in [0.3, 0.4) is 0 Å². The quantitative estimate of drug-likeness (QED) is 0.700. The highest BCUT2D eigenvalue weighted by Crippen LogP contribution is 2.68. The van der Waals surface area contributed by atoms with Gasteiger partial charge in [0.1, 0.15) is 17.5 Å². The molecule has 1 unspecified atom stereocenters. The van der Waals surface area contributed by atoms with Gasteiger partial charge >= 0.3 is 0 Å². The second-order valence-electron chi connectivity index (χ2n) is 9.14. The summed E-state index contributed by atoms with van der Waals surface area (Å²) in [6.45, 7) is 3.70. The van der Waals surface area contributed by atoms with Gasteiger partial charge in [0.2, 0.25) is 0 Å². The summed E-state index contributed by atoms with van der Waals surface area (Å²) in [6, 6.07) is 6.48. The Morgan fingerprint density at radius 3 is 3.07 bits per heavy atom. The molecular weight excluding hydrogens is 380 g/mol. The van der Waals surface area contributed by atoms with Crippen LogP contribution in [0.2, 0.25) is 0 Å². The number of pyridine rings is 1. The fourth-order valence-electron chi connectivity index (χ4n) is 5.29. The molecular formula is C23H26N4O3. The van der Waals surface area contributed by atoms with Crippen molar-refractivity contribution in [2.75, 3.05) is 13.2 Å². The fourth-order valence-corrected chi connectivity index (χ4v) is 5.29. The van der Waals surface area contributed by atoms with Crippen LogP contribution in [0.15, 0.2) is 30.6 Å². The zero-order valence-electron chi connectivity index (χ0n) is 17.1. The molecule has 2 saturated carbocycles. The Hall–Kier alpha value is -2.51. The van der Waals surface area contributed by atoms with Gasteiger partial charge < -0.3 is 14.6 Å². The second kappa shape index (κ2) is 6.75. The number of hydrogen-bond acceptors (Lipinski definition) is 6. The monoisotopic (exact) mass is 406 g/mol. The molecule has 7 heteroatoms. The van der Waals surface area contributed by atoms with Crippen LogP contribution in [0.25, 0.3) is 10.9 Å². The van der Waals surface area contributed by atoms with Gasteiger partial charge in [-0.15, -0.1) is 5.10 Å². The number of aliphatic hydroxyl groups is 1. The molecule has 3 heterocycles. The van der Waals surface area contributed by atoms with E-state index in [9.17, 15) is 5.11 Å². The Kier molecular flexibility index (Phi) is 4.11. The molecule has 156 valence electrons. The summed E-state index contributed by atoms with van der Waals surface area (Å²) in [5.41, 5.74) is 4.69. The molecule has 6 rings (SSSR count). The van der Waals surface area contributed by atoms with Crippen LogP contribution in [-0.4, -0.2) is 38.3 Å². The summed E-state index contributed by atoms with van der Waals surface area (Å²) in [7, 11) is 0. The molecule has 7 nitrogen and oxygen atoms in total. The van der Waals surface area contributed by atoms with Gasteiger partial charge in [-0.1, -0.05) is 5.21 Å². The largest absolute Gasteiger partial charge is 0.484 e. The lowest BCUT2D eigenvalue weighted by Crippen LogP contribution is -2.30. The number of nitrogens with zero attached hydrogens (tertiary/aromatic N) is 4. The van der Waals surface area contributed by atoms with Crippen LogP contribution in [0, 0.1) is 11.3 Å². The molecule has 0 saturated heterocycles. The van der Waals surface area contributed by atoms with E-state index in [2.05, 4.69) is 21.4 Å². The van der Waals surface area contributed by atoms with Crippen LogP contribution in [0.1, 0.15) is 55.2 Å². The summed E-state index contributed by atoms with van der Waals surface area (Å²) < 4.78 is 13.8. The van der Waals surface area contributed by atoms with E-state index < -0.39 is 0 Å². The third-order valence-corrected chi connectivity index (χ3v) is 7.29. The first kappa shape index (κ1) is 18.3. The van der Waals surface area contributed by atoms with E-state index in [0.717, 1.165) is 54.6 Å². The molecule has 2 aromatic heterocycles. The first-order valence-electron chi connectivity index (χ1n) is 10.8. The van der Waals surface area contributed by atoms with Gasteiger partial charge in [0.05, 0.1) is 31.0 Å². The highest BCUT2D eigenvalue weighted by molar-refractivity contribution is 5.84. The van der Waals surface area contributed by atoms with E-state index in [1.165, 1.54) is 11.1 Å². The highest BCUT2D eigenvalue weighted by Gasteiger charge is 2.61. The van der Waals surface area contributed by atoms with E-state index in [1.54, 1.807) is 0 Å². The minimum absolute atomic E-state index is 0.188. The van der Waals surface area contributed by atoms with Crippen molar-refractivity contribution >= 4 is 10.9 Å². The summed E-state index contributed by atoms with van der Waals surface area (Å²) in [4.78, 5) is 4.56. The van der Waals surface area contributed by atoms with Gasteiger partial charge in [0.25, 0.3) is 0 Å². The molecule has 1 spiro atoms. The lowest BCUT2D eigenvalue weighted by Gasteiger charge is -2.36. The number of hydrogen-bond donors (Lipinski definition) is 1. The fraction of sp³-hybridized carbons (Fsp3) is 0.522. The van der Waals surface area contributed by atoms with Gasteiger partial charge in [-0.2, -0.15) is 0 Å². The number of aromatic nitrogens is 4. The van der Waals surface area contributed by atoms with Gasteiger partial charge in [0.15, 0.2) is 0 Å². The smallest absolute Gasteiger partial charge is 0.141 e. The molecule has 2 fully saturated rings. The summed E-state index contributed by atoms with van der Waals surface area (Å²) in [5, 5.41) is 19.2. The Morgan fingerprint density at radius 2 is 2.23 bits per heavy atom. The Morgan fingerprint density at radius 1 is 1.33 bits per heavy atom. The first-order chi connectivity index (χ1) is 14.6. The van der Waals surface area contributed by atoms with Gasteiger partial charge in [-0.05, 0) is 73.3 Å². The maximum Gasteiger partial charge on any atom is 0.141 e. The zero-order valence-corrected chi connectivity index (χ0v) is 17.1. The summed E-state index contributed by atoms with van der Waals surface area (Å²) >= 11 is 0. The SMILES string of the molecule is C[C@@H](Oc1ccc2ncc3c(c2c1)CCOC3)c1cn(C2CC3(C2)CC3CO)nn1. The van der Waals surface area contributed by atoms with Gasteiger partial charge in [-0.25, -0.2) is 4.68 Å². The molecule has 0 radical (unpaired) electrons. The van der Waals surface area contributed by atoms with Crippen LogP contribution >= 0.6 is 0 Å². The molecule has 2 aliphatic carbocycles. The molecule has 3 aromatic rings. The highest BCUT2D eigenvalue weighted by atomic mass is 16.5. The summed E-state index contributed by atoms with van der Waals surface area (Å²) in [6.07, 6.45) is 8.02. The number of rotatable bonds is 5. The minimum atomic E-state index is -0.188.